The minimum Gasteiger partial charge on any atom is -0.191 e. The lowest BCUT2D eigenvalue weighted by Gasteiger charge is -2.26. The Hall–Kier alpha value is -2.15. The number of hydrogen-bond acceptors (Lipinski definition) is 0. The topological polar surface area (TPSA) is 3.01 Å². The van der Waals surface area contributed by atoms with Gasteiger partial charge < -0.3 is 0 Å². The summed E-state index contributed by atoms with van der Waals surface area (Å²) in [5.74, 6) is 0. The SMILES string of the molecule is CC(C)=C1C[N+](c2ccccc2)=C2CCCc3cccc1c32. The molecule has 110 valence electrons. The number of benzene rings is 2. The van der Waals surface area contributed by atoms with Crippen molar-refractivity contribution in [2.24, 2.45) is 0 Å². The minimum atomic E-state index is 0.998. The van der Waals surface area contributed by atoms with Crippen LogP contribution in [-0.4, -0.2) is 16.8 Å². The van der Waals surface area contributed by atoms with Crippen molar-refractivity contribution in [3.05, 3.63) is 70.8 Å². The molecule has 0 spiro atoms. The van der Waals surface area contributed by atoms with E-state index < -0.39 is 0 Å². The number of nitrogens with zero attached hydrogens (tertiary/aromatic N) is 1. The number of hydrogen-bond donors (Lipinski definition) is 0. The maximum atomic E-state index is 2.54. The standard InChI is InChI=1S/C21H22N/c1-15(2)19-14-22(17-10-4-3-5-11-17)20-13-7-9-16-8-6-12-18(19)21(16)20/h3-6,8,10-12H,7,9,13-14H2,1-2H3/q+1. The second-order valence-corrected chi connectivity index (χ2v) is 6.54. The van der Waals surface area contributed by atoms with Crippen LogP contribution in [0.1, 0.15) is 43.4 Å². The van der Waals surface area contributed by atoms with E-state index >= 15 is 0 Å². The summed E-state index contributed by atoms with van der Waals surface area (Å²) in [5.41, 5.74) is 10.3. The quantitative estimate of drug-likeness (QED) is 0.652. The molecule has 0 radical (unpaired) electrons. The van der Waals surface area contributed by atoms with Crippen LogP contribution < -0.4 is 0 Å². The first-order valence-corrected chi connectivity index (χ1v) is 8.23. The number of allylic oxidation sites excluding steroid dienone is 1. The summed E-state index contributed by atoms with van der Waals surface area (Å²) >= 11 is 0. The molecule has 0 aromatic heterocycles. The fourth-order valence-corrected chi connectivity index (χ4v) is 3.86. The molecule has 2 aromatic rings. The van der Waals surface area contributed by atoms with Crippen LogP contribution in [0.3, 0.4) is 0 Å². The van der Waals surface area contributed by atoms with Gasteiger partial charge in [-0.2, -0.15) is 4.58 Å². The molecule has 0 bridgehead atoms. The second kappa shape index (κ2) is 5.24. The van der Waals surface area contributed by atoms with E-state index in [9.17, 15) is 0 Å². The Kier molecular flexibility index (Phi) is 3.22. The van der Waals surface area contributed by atoms with Crippen LogP contribution in [0.4, 0.5) is 5.69 Å². The first-order valence-electron chi connectivity index (χ1n) is 8.23. The van der Waals surface area contributed by atoms with Crippen molar-refractivity contribution in [1.29, 1.82) is 0 Å². The average molecular weight is 288 g/mol. The zero-order chi connectivity index (χ0) is 15.1. The van der Waals surface area contributed by atoms with Crippen LogP contribution in [-0.2, 0) is 6.42 Å². The van der Waals surface area contributed by atoms with E-state index in [0.717, 1.165) is 6.54 Å². The molecule has 2 aromatic carbocycles. The maximum absolute atomic E-state index is 2.54. The van der Waals surface area contributed by atoms with E-state index in [0.29, 0.717) is 0 Å². The Bertz CT molecular complexity index is 790. The van der Waals surface area contributed by atoms with E-state index in [1.54, 1.807) is 0 Å². The van der Waals surface area contributed by atoms with Gasteiger partial charge in [-0.3, -0.25) is 0 Å². The highest BCUT2D eigenvalue weighted by molar-refractivity contribution is 6.05. The van der Waals surface area contributed by atoms with Gasteiger partial charge in [0.1, 0.15) is 0 Å². The number of para-hydroxylation sites is 1. The fourth-order valence-electron chi connectivity index (χ4n) is 3.86. The summed E-state index contributed by atoms with van der Waals surface area (Å²) in [6, 6.07) is 17.7. The third-order valence-corrected chi connectivity index (χ3v) is 4.94. The third-order valence-electron chi connectivity index (χ3n) is 4.94. The molecule has 4 rings (SSSR count). The van der Waals surface area contributed by atoms with E-state index in [1.807, 2.05) is 0 Å². The monoisotopic (exact) mass is 288 g/mol. The van der Waals surface area contributed by atoms with Gasteiger partial charge in [-0.1, -0.05) is 42.0 Å². The lowest BCUT2D eigenvalue weighted by Crippen LogP contribution is -2.30. The molecular formula is C21H22N+. The van der Waals surface area contributed by atoms with Crippen molar-refractivity contribution in [2.75, 3.05) is 6.54 Å². The molecule has 1 heterocycles. The highest BCUT2D eigenvalue weighted by Gasteiger charge is 2.34. The largest absolute Gasteiger partial charge is 0.205 e. The van der Waals surface area contributed by atoms with Gasteiger partial charge in [0.15, 0.2) is 12.3 Å². The number of aryl methyl sites for hydroxylation is 1. The van der Waals surface area contributed by atoms with E-state index in [-0.39, 0.29) is 0 Å². The molecule has 0 N–H and O–H groups in total. The van der Waals surface area contributed by atoms with Gasteiger partial charge in [0, 0.05) is 24.1 Å². The lowest BCUT2D eigenvalue weighted by molar-refractivity contribution is -0.427. The Morgan fingerprint density at radius 2 is 1.73 bits per heavy atom. The van der Waals surface area contributed by atoms with Crippen LogP contribution in [0.5, 0.6) is 0 Å². The molecule has 0 fully saturated rings. The van der Waals surface area contributed by atoms with Gasteiger partial charge in [0.05, 0.1) is 5.56 Å². The summed E-state index contributed by atoms with van der Waals surface area (Å²) < 4.78 is 2.54. The maximum Gasteiger partial charge on any atom is 0.205 e. The molecule has 0 amide bonds. The highest BCUT2D eigenvalue weighted by atomic mass is 15.0. The third kappa shape index (κ3) is 2.04. The first kappa shape index (κ1) is 13.5. The van der Waals surface area contributed by atoms with Crippen LogP contribution in [0, 0.1) is 0 Å². The summed E-state index contributed by atoms with van der Waals surface area (Å²) in [6.07, 6.45) is 3.67. The molecule has 22 heavy (non-hydrogen) atoms. The average Bonchev–Trinajstić information content (AvgIpc) is 2.56. The molecule has 0 saturated heterocycles. The fraction of sp³-hybridized carbons (Fsp3) is 0.286. The Morgan fingerprint density at radius 3 is 2.50 bits per heavy atom. The van der Waals surface area contributed by atoms with Crippen molar-refractivity contribution in [1.82, 2.24) is 0 Å². The molecule has 1 aliphatic carbocycles. The predicted molar refractivity (Wildman–Crippen MR) is 93.0 cm³/mol. The lowest BCUT2D eigenvalue weighted by atomic mass is 9.81. The minimum absolute atomic E-state index is 0.998. The molecule has 0 saturated carbocycles. The van der Waals surface area contributed by atoms with Gasteiger partial charge in [-0.15, -0.1) is 0 Å². The van der Waals surface area contributed by atoms with Crippen LogP contribution in [0.25, 0.3) is 5.57 Å². The zero-order valence-electron chi connectivity index (χ0n) is 13.4. The van der Waals surface area contributed by atoms with Crippen LogP contribution in [0.2, 0.25) is 0 Å². The van der Waals surface area contributed by atoms with E-state index in [2.05, 4.69) is 67.0 Å². The molecule has 1 heteroatoms. The van der Waals surface area contributed by atoms with Gasteiger partial charge in [0.25, 0.3) is 0 Å². The predicted octanol–water partition coefficient (Wildman–Crippen LogP) is 4.96. The molecule has 2 aliphatic rings. The van der Waals surface area contributed by atoms with E-state index in [1.165, 1.54) is 58.5 Å². The highest BCUT2D eigenvalue weighted by Crippen LogP contribution is 2.36. The summed E-state index contributed by atoms with van der Waals surface area (Å²) in [7, 11) is 0. The summed E-state index contributed by atoms with van der Waals surface area (Å²) in [5, 5.41) is 0. The normalized spacial score (nSPS) is 16.5. The van der Waals surface area contributed by atoms with E-state index in [4.69, 9.17) is 0 Å². The first-order chi connectivity index (χ1) is 10.8. The van der Waals surface area contributed by atoms with Crippen molar-refractivity contribution in [3.8, 4) is 0 Å². The molecular weight excluding hydrogens is 266 g/mol. The van der Waals surface area contributed by atoms with Gasteiger partial charge in [-0.05, 0) is 37.8 Å². The molecule has 1 aliphatic heterocycles. The Morgan fingerprint density at radius 1 is 0.909 bits per heavy atom. The van der Waals surface area contributed by atoms with Crippen molar-refractivity contribution in [3.63, 3.8) is 0 Å². The van der Waals surface area contributed by atoms with Crippen molar-refractivity contribution < 1.29 is 4.58 Å². The Balaban J connectivity index is 2.04. The molecule has 0 unspecified atom stereocenters. The Labute approximate surface area is 132 Å². The smallest absolute Gasteiger partial charge is 0.191 e. The second-order valence-electron chi connectivity index (χ2n) is 6.54. The van der Waals surface area contributed by atoms with Crippen LogP contribution in [0.15, 0.2) is 54.1 Å². The van der Waals surface area contributed by atoms with Gasteiger partial charge in [0.2, 0.25) is 5.69 Å². The zero-order valence-corrected chi connectivity index (χ0v) is 13.4. The molecule has 1 nitrogen and oxygen atoms in total. The van der Waals surface area contributed by atoms with Crippen LogP contribution >= 0.6 is 0 Å². The van der Waals surface area contributed by atoms with Crippen molar-refractivity contribution in [2.45, 2.75) is 33.1 Å². The molecule has 0 atom stereocenters. The van der Waals surface area contributed by atoms with Gasteiger partial charge in [-0.25, -0.2) is 0 Å². The summed E-state index contributed by atoms with van der Waals surface area (Å²) in [6.45, 7) is 5.48. The summed E-state index contributed by atoms with van der Waals surface area (Å²) in [4.78, 5) is 0. The van der Waals surface area contributed by atoms with Gasteiger partial charge >= 0.3 is 0 Å². The number of rotatable bonds is 1. The van der Waals surface area contributed by atoms with Crippen molar-refractivity contribution >= 4 is 17.0 Å².